The van der Waals surface area contributed by atoms with E-state index in [2.05, 4.69) is 11.7 Å². The summed E-state index contributed by atoms with van der Waals surface area (Å²) in [6, 6.07) is 17.5. The first-order valence-electron chi connectivity index (χ1n) is 13.7. The Morgan fingerprint density at radius 1 is 0.718 bits per heavy atom. The van der Waals surface area contributed by atoms with Gasteiger partial charge in [-0.25, -0.2) is 0 Å². The van der Waals surface area contributed by atoms with E-state index in [-0.39, 0.29) is 11.3 Å². The predicted octanol–water partition coefficient (Wildman–Crippen LogP) is 10.3. The fourth-order valence-electron chi connectivity index (χ4n) is 5.37. The Hall–Kier alpha value is -3.09. The molecule has 7 heteroatoms. The molecule has 1 fully saturated rings. The van der Waals surface area contributed by atoms with Gasteiger partial charge in [-0.2, -0.15) is 8.78 Å². The third kappa shape index (κ3) is 8.45. The molecule has 0 unspecified atom stereocenters. The Kier molecular flexibility index (Phi) is 9.52. The van der Waals surface area contributed by atoms with Crippen LogP contribution in [0.15, 0.2) is 72.8 Å². The van der Waals surface area contributed by atoms with Gasteiger partial charge in [0.25, 0.3) is 0 Å². The van der Waals surface area contributed by atoms with E-state index in [1.165, 1.54) is 75.3 Å². The first kappa shape index (κ1) is 28.9. The minimum atomic E-state index is -4.81. The molecule has 0 amide bonds. The molecule has 3 aromatic carbocycles. The van der Waals surface area contributed by atoms with Crippen LogP contribution in [0.2, 0.25) is 0 Å². The van der Waals surface area contributed by atoms with Crippen LogP contribution in [-0.4, -0.2) is 6.36 Å². The first-order chi connectivity index (χ1) is 18.6. The van der Waals surface area contributed by atoms with Gasteiger partial charge in [0.15, 0.2) is 0 Å². The number of ether oxygens (including phenoxy) is 2. The van der Waals surface area contributed by atoms with Crippen molar-refractivity contribution in [1.29, 1.82) is 0 Å². The summed E-state index contributed by atoms with van der Waals surface area (Å²) in [5.74, 6) is 1.11. The van der Waals surface area contributed by atoms with Gasteiger partial charge in [-0.15, -0.1) is 13.2 Å². The summed E-state index contributed by atoms with van der Waals surface area (Å²) in [5.41, 5.74) is 1.53. The maximum absolute atomic E-state index is 15.2. The summed E-state index contributed by atoms with van der Waals surface area (Å²) in [5, 5.41) is 0. The average molecular weight is 547 g/mol. The molecule has 0 atom stereocenters. The summed E-state index contributed by atoms with van der Waals surface area (Å²) >= 11 is 0. The van der Waals surface area contributed by atoms with Crippen molar-refractivity contribution in [3.63, 3.8) is 0 Å². The highest BCUT2D eigenvalue weighted by Crippen LogP contribution is 2.39. The normalized spacial score (nSPS) is 18.1. The second-order valence-corrected chi connectivity index (χ2v) is 10.5. The fraction of sp³-hybridized carbons (Fsp3) is 0.438. The standard InChI is InChI=1S/C32H35F5O2/c1-2-3-6-23-9-11-24(12-10-23)13-14-25-15-19-27(20-16-25)31(33,34)39-30-8-5-4-7-29(30)26-17-21-28(22-18-26)38-32(35,36)37/h4-5,7-8,15-24H,2-3,6,9-14H2,1H3/t23-,24-. The first-order valence-corrected chi connectivity index (χ1v) is 13.7. The molecule has 0 heterocycles. The molecule has 0 N–H and O–H groups in total. The molecule has 1 aliphatic carbocycles. The summed E-state index contributed by atoms with van der Waals surface area (Å²) in [4.78, 5) is 0. The molecule has 0 aliphatic heterocycles. The third-order valence-corrected chi connectivity index (χ3v) is 7.59. The zero-order chi connectivity index (χ0) is 27.9. The Bertz CT molecular complexity index is 1160. The van der Waals surface area contributed by atoms with Crippen LogP contribution >= 0.6 is 0 Å². The van der Waals surface area contributed by atoms with Crippen LogP contribution < -0.4 is 9.47 Å². The summed E-state index contributed by atoms with van der Waals surface area (Å²) in [6.45, 7) is 2.24. The van der Waals surface area contributed by atoms with Crippen molar-refractivity contribution in [1.82, 2.24) is 0 Å². The molecule has 0 saturated heterocycles. The molecule has 2 nitrogen and oxygen atoms in total. The number of benzene rings is 3. The second kappa shape index (κ2) is 12.8. The number of aryl methyl sites for hydroxylation is 1. The maximum atomic E-state index is 15.2. The second-order valence-electron chi connectivity index (χ2n) is 10.5. The van der Waals surface area contributed by atoms with Gasteiger partial charge >= 0.3 is 12.5 Å². The Morgan fingerprint density at radius 2 is 1.33 bits per heavy atom. The van der Waals surface area contributed by atoms with E-state index in [9.17, 15) is 13.2 Å². The molecule has 4 rings (SSSR count). The van der Waals surface area contributed by atoms with Crippen molar-refractivity contribution in [2.75, 3.05) is 0 Å². The quantitative estimate of drug-likeness (QED) is 0.223. The minimum absolute atomic E-state index is 0.0781. The molecule has 0 aromatic heterocycles. The fourth-order valence-corrected chi connectivity index (χ4v) is 5.37. The Labute approximate surface area is 227 Å². The van der Waals surface area contributed by atoms with Crippen molar-refractivity contribution in [2.24, 2.45) is 11.8 Å². The Balaban J connectivity index is 1.36. The van der Waals surface area contributed by atoms with Crippen LogP contribution in [0.5, 0.6) is 11.5 Å². The van der Waals surface area contributed by atoms with Gasteiger partial charge in [-0.3, -0.25) is 0 Å². The molecule has 1 aliphatic rings. The number of hydrogen-bond acceptors (Lipinski definition) is 2. The van der Waals surface area contributed by atoms with Crippen LogP contribution in [0.3, 0.4) is 0 Å². The van der Waals surface area contributed by atoms with E-state index >= 15 is 8.78 Å². The van der Waals surface area contributed by atoms with Gasteiger partial charge in [-0.05, 0) is 66.1 Å². The number of para-hydroxylation sites is 1. The van der Waals surface area contributed by atoms with Crippen LogP contribution in [-0.2, 0) is 12.5 Å². The van der Waals surface area contributed by atoms with E-state index < -0.39 is 18.2 Å². The highest BCUT2D eigenvalue weighted by atomic mass is 19.4. The third-order valence-electron chi connectivity index (χ3n) is 7.59. The molecule has 0 bridgehead atoms. The van der Waals surface area contributed by atoms with Gasteiger partial charge in [0.2, 0.25) is 0 Å². The summed E-state index contributed by atoms with van der Waals surface area (Å²) in [7, 11) is 0. The molecule has 1 saturated carbocycles. The van der Waals surface area contributed by atoms with E-state index in [0.29, 0.717) is 17.0 Å². The van der Waals surface area contributed by atoms with Crippen LogP contribution in [0.1, 0.15) is 69.4 Å². The number of halogens is 5. The van der Waals surface area contributed by atoms with Crippen LogP contribution in [0, 0.1) is 11.8 Å². The zero-order valence-corrected chi connectivity index (χ0v) is 22.2. The van der Waals surface area contributed by atoms with Crippen LogP contribution in [0.4, 0.5) is 22.0 Å². The van der Waals surface area contributed by atoms with Crippen molar-refractivity contribution in [3.8, 4) is 22.6 Å². The monoisotopic (exact) mass is 546 g/mol. The molecule has 0 spiro atoms. The van der Waals surface area contributed by atoms with Crippen molar-refractivity contribution < 1.29 is 31.4 Å². The van der Waals surface area contributed by atoms with Gasteiger partial charge in [0.1, 0.15) is 11.5 Å². The van der Waals surface area contributed by atoms with Crippen LogP contribution in [0.25, 0.3) is 11.1 Å². The largest absolute Gasteiger partial charge is 0.573 e. The minimum Gasteiger partial charge on any atom is -0.428 e. The van der Waals surface area contributed by atoms with E-state index in [1.54, 1.807) is 30.3 Å². The predicted molar refractivity (Wildman–Crippen MR) is 143 cm³/mol. The smallest absolute Gasteiger partial charge is 0.428 e. The highest BCUT2D eigenvalue weighted by molar-refractivity contribution is 5.71. The molecule has 39 heavy (non-hydrogen) atoms. The van der Waals surface area contributed by atoms with E-state index in [4.69, 9.17) is 4.74 Å². The molecule has 3 aromatic rings. The lowest BCUT2D eigenvalue weighted by atomic mass is 9.78. The van der Waals surface area contributed by atoms with Crippen molar-refractivity contribution in [2.45, 2.75) is 77.2 Å². The van der Waals surface area contributed by atoms with Gasteiger partial charge < -0.3 is 9.47 Å². The van der Waals surface area contributed by atoms with Gasteiger partial charge in [0, 0.05) is 5.56 Å². The lowest BCUT2D eigenvalue weighted by molar-refractivity contribution is -0.274. The SMILES string of the molecule is CCCC[C@H]1CC[C@H](CCc2ccc(C(F)(F)Oc3ccccc3-c3ccc(OC(F)(F)F)cc3)cc2)CC1. The molecular formula is C32H35F5O2. The maximum Gasteiger partial charge on any atom is 0.573 e. The topological polar surface area (TPSA) is 18.5 Å². The molecule has 0 radical (unpaired) electrons. The number of unbranched alkanes of at least 4 members (excludes halogenated alkanes) is 1. The average Bonchev–Trinajstić information content (AvgIpc) is 2.91. The van der Waals surface area contributed by atoms with Crippen molar-refractivity contribution >= 4 is 0 Å². The molecular weight excluding hydrogens is 511 g/mol. The molecule has 210 valence electrons. The zero-order valence-electron chi connectivity index (χ0n) is 22.2. The lowest BCUT2D eigenvalue weighted by Gasteiger charge is -2.28. The van der Waals surface area contributed by atoms with E-state index in [1.807, 2.05) is 0 Å². The number of rotatable bonds is 11. The van der Waals surface area contributed by atoms with E-state index in [0.717, 1.165) is 36.5 Å². The number of alkyl halides is 5. The summed E-state index contributed by atoms with van der Waals surface area (Å²) < 4.78 is 76.7. The van der Waals surface area contributed by atoms with Gasteiger partial charge in [-0.1, -0.05) is 94.3 Å². The summed E-state index contributed by atoms with van der Waals surface area (Å²) in [6.07, 6.45) is 2.58. The number of hydrogen-bond donors (Lipinski definition) is 0. The lowest BCUT2D eigenvalue weighted by Crippen LogP contribution is -2.22. The van der Waals surface area contributed by atoms with Gasteiger partial charge in [0.05, 0.1) is 5.56 Å². The highest BCUT2D eigenvalue weighted by Gasteiger charge is 2.35. The van der Waals surface area contributed by atoms with Crippen molar-refractivity contribution in [3.05, 3.63) is 83.9 Å². The Morgan fingerprint density at radius 3 is 1.95 bits per heavy atom.